The summed E-state index contributed by atoms with van der Waals surface area (Å²) in [5.74, 6) is -0.222. The van der Waals surface area contributed by atoms with Crippen LogP contribution in [0.1, 0.15) is 46.0 Å². The summed E-state index contributed by atoms with van der Waals surface area (Å²) in [6, 6.07) is 0.0843. The van der Waals surface area contributed by atoms with Crippen molar-refractivity contribution >= 4 is 6.03 Å². The molecule has 0 aromatic rings. The second-order valence-electron chi connectivity index (χ2n) is 7.01. The number of piperidine rings is 1. The van der Waals surface area contributed by atoms with Crippen molar-refractivity contribution in [1.29, 1.82) is 0 Å². The third-order valence-corrected chi connectivity index (χ3v) is 5.63. The lowest BCUT2D eigenvalue weighted by molar-refractivity contribution is -0.189. The van der Waals surface area contributed by atoms with Crippen LogP contribution < -0.4 is 5.32 Å². The van der Waals surface area contributed by atoms with Gasteiger partial charge in [0.2, 0.25) is 0 Å². The van der Waals surface area contributed by atoms with Crippen LogP contribution >= 0.6 is 0 Å². The Bertz CT molecular complexity index is 389. The molecule has 5 heteroatoms. The Balaban J connectivity index is 1.52. The van der Waals surface area contributed by atoms with Crippen molar-refractivity contribution in [2.75, 3.05) is 32.8 Å². The lowest BCUT2D eigenvalue weighted by Crippen LogP contribution is -2.51. The molecule has 1 N–H and O–H groups in total. The van der Waals surface area contributed by atoms with Crippen molar-refractivity contribution in [3.05, 3.63) is 0 Å². The van der Waals surface area contributed by atoms with E-state index in [4.69, 9.17) is 9.47 Å². The number of ether oxygens (including phenoxy) is 2. The smallest absolute Gasteiger partial charge is 0.317 e. The zero-order valence-corrected chi connectivity index (χ0v) is 13.3. The molecule has 1 aliphatic carbocycles. The van der Waals surface area contributed by atoms with E-state index < -0.39 is 5.79 Å². The first-order valence-electron chi connectivity index (χ1n) is 8.38. The zero-order valence-electron chi connectivity index (χ0n) is 13.3. The van der Waals surface area contributed by atoms with Gasteiger partial charge in [-0.25, -0.2) is 4.79 Å². The van der Waals surface area contributed by atoms with E-state index in [0.717, 1.165) is 38.9 Å². The van der Waals surface area contributed by atoms with Gasteiger partial charge in [-0.15, -0.1) is 0 Å². The molecule has 0 spiro atoms. The minimum atomic E-state index is -0.500. The van der Waals surface area contributed by atoms with Crippen LogP contribution in [0.5, 0.6) is 0 Å². The molecule has 0 unspecified atom stereocenters. The van der Waals surface area contributed by atoms with Gasteiger partial charge in [0, 0.05) is 25.6 Å². The largest absolute Gasteiger partial charge is 0.347 e. The standard InChI is InChI=1S/C16H28N2O3/c1-3-16(6-7-16)12-17-14(19)18-8-4-5-13(11-18)15(2)20-9-10-21-15/h13H,3-12H2,1-2H3,(H,17,19)/t13-/m0/s1. The van der Waals surface area contributed by atoms with Crippen LogP contribution in [-0.2, 0) is 9.47 Å². The van der Waals surface area contributed by atoms with Gasteiger partial charge >= 0.3 is 6.03 Å². The summed E-state index contributed by atoms with van der Waals surface area (Å²) in [7, 11) is 0. The van der Waals surface area contributed by atoms with Gasteiger partial charge in [0.05, 0.1) is 13.2 Å². The van der Waals surface area contributed by atoms with E-state index in [1.54, 1.807) is 0 Å². The first-order valence-corrected chi connectivity index (χ1v) is 8.38. The van der Waals surface area contributed by atoms with E-state index in [1.807, 2.05) is 11.8 Å². The second-order valence-corrected chi connectivity index (χ2v) is 7.01. The van der Waals surface area contributed by atoms with Crippen molar-refractivity contribution < 1.29 is 14.3 Å². The predicted molar refractivity (Wildman–Crippen MR) is 80.0 cm³/mol. The highest BCUT2D eigenvalue weighted by Crippen LogP contribution is 2.47. The maximum Gasteiger partial charge on any atom is 0.317 e. The molecule has 2 heterocycles. The molecule has 1 atom stereocenters. The van der Waals surface area contributed by atoms with E-state index in [2.05, 4.69) is 12.2 Å². The fourth-order valence-corrected chi connectivity index (χ4v) is 3.56. The number of likely N-dealkylation sites (tertiary alicyclic amines) is 1. The predicted octanol–water partition coefficient (Wildman–Crippen LogP) is 2.36. The maximum atomic E-state index is 12.4. The molecule has 0 radical (unpaired) electrons. The Morgan fingerprint density at radius 3 is 2.67 bits per heavy atom. The van der Waals surface area contributed by atoms with Gasteiger partial charge in [-0.05, 0) is 44.4 Å². The van der Waals surface area contributed by atoms with E-state index in [0.29, 0.717) is 18.6 Å². The minimum absolute atomic E-state index is 0.0843. The SMILES string of the molecule is CCC1(CNC(=O)N2CCC[C@H](C3(C)OCCO3)C2)CC1. The molecule has 120 valence electrons. The van der Waals surface area contributed by atoms with Gasteiger partial charge in [-0.1, -0.05) is 6.92 Å². The van der Waals surface area contributed by atoms with Gasteiger partial charge in [0.15, 0.2) is 5.79 Å². The molecule has 2 amide bonds. The number of amides is 2. The van der Waals surface area contributed by atoms with Gasteiger partial charge in [-0.2, -0.15) is 0 Å². The number of nitrogens with one attached hydrogen (secondary N) is 1. The van der Waals surface area contributed by atoms with Crippen molar-refractivity contribution in [3.63, 3.8) is 0 Å². The molecule has 2 saturated heterocycles. The van der Waals surface area contributed by atoms with Crippen LogP contribution in [0.3, 0.4) is 0 Å². The number of carbonyl (C=O) groups is 1. The molecule has 1 saturated carbocycles. The number of nitrogens with zero attached hydrogens (tertiary/aromatic N) is 1. The highest BCUT2D eigenvalue weighted by molar-refractivity contribution is 5.74. The molecule has 3 fully saturated rings. The van der Waals surface area contributed by atoms with Crippen LogP contribution in [0.25, 0.3) is 0 Å². The lowest BCUT2D eigenvalue weighted by atomic mass is 9.90. The van der Waals surface area contributed by atoms with Crippen molar-refractivity contribution in [2.45, 2.75) is 51.7 Å². The first-order chi connectivity index (χ1) is 10.1. The average Bonchev–Trinajstić information content (AvgIpc) is 3.18. The molecule has 0 aromatic heterocycles. The van der Waals surface area contributed by atoms with Gasteiger partial charge < -0.3 is 19.7 Å². The Hall–Kier alpha value is -0.810. The normalized spacial score (nSPS) is 30.2. The Morgan fingerprint density at radius 1 is 1.33 bits per heavy atom. The Morgan fingerprint density at radius 2 is 2.05 bits per heavy atom. The van der Waals surface area contributed by atoms with E-state index in [1.165, 1.54) is 12.8 Å². The fraction of sp³-hybridized carbons (Fsp3) is 0.938. The molecule has 2 aliphatic heterocycles. The van der Waals surface area contributed by atoms with Crippen LogP contribution in [0.4, 0.5) is 4.79 Å². The van der Waals surface area contributed by atoms with E-state index in [-0.39, 0.29) is 11.9 Å². The number of urea groups is 1. The molecule has 21 heavy (non-hydrogen) atoms. The Labute approximate surface area is 127 Å². The molecule has 0 aromatic carbocycles. The molecule has 0 bridgehead atoms. The fourth-order valence-electron chi connectivity index (χ4n) is 3.56. The topological polar surface area (TPSA) is 50.8 Å². The van der Waals surface area contributed by atoms with Crippen molar-refractivity contribution in [3.8, 4) is 0 Å². The van der Waals surface area contributed by atoms with Crippen LogP contribution in [0.2, 0.25) is 0 Å². The third kappa shape index (κ3) is 3.19. The van der Waals surface area contributed by atoms with Crippen molar-refractivity contribution in [2.24, 2.45) is 11.3 Å². The first kappa shape index (κ1) is 15.1. The summed E-state index contributed by atoms with van der Waals surface area (Å²) < 4.78 is 11.5. The monoisotopic (exact) mass is 296 g/mol. The molecular formula is C16H28N2O3. The summed E-state index contributed by atoms with van der Waals surface area (Å²) in [5, 5.41) is 3.14. The zero-order chi connectivity index (χ0) is 14.9. The van der Waals surface area contributed by atoms with Crippen LogP contribution in [0, 0.1) is 11.3 Å². The summed E-state index contributed by atoms with van der Waals surface area (Å²) in [6.45, 7) is 7.97. The number of carbonyl (C=O) groups excluding carboxylic acids is 1. The number of rotatable bonds is 4. The third-order valence-electron chi connectivity index (χ3n) is 5.63. The maximum absolute atomic E-state index is 12.4. The molecule has 5 nitrogen and oxygen atoms in total. The number of hydrogen-bond donors (Lipinski definition) is 1. The highest BCUT2D eigenvalue weighted by Gasteiger charge is 2.44. The lowest BCUT2D eigenvalue weighted by Gasteiger charge is -2.40. The average molecular weight is 296 g/mol. The summed E-state index contributed by atoms with van der Waals surface area (Å²) in [5.41, 5.74) is 0.397. The van der Waals surface area contributed by atoms with Gasteiger partial charge in [0.1, 0.15) is 0 Å². The summed E-state index contributed by atoms with van der Waals surface area (Å²) >= 11 is 0. The number of hydrogen-bond acceptors (Lipinski definition) is 3. The van der Waals surface area contributed by atoms with Crippen LogP contribution in [-0.4, -0.2) is 49.6 Å². The van der Waals surface area contributed by atoms with Gasteiger partial charge in [-0.3, -0.25) is 0 Å². The van der Waals surface area contributed by atoms with E-state index >= 15 is 0 Å². The molecule has 3 rings (SSSR count). The quantitative estimate of drug-likeness (QED) is 0.866. The Kier molecular flexibility index (Phi) is 4.14. The molecular weight excluding hydrogens is 268 g/mol. The summed E-state index contributed by atoms with van der Waals surface area (Å²) in [6.07, 6.45) is 5.77. The highest BCUT2D eigenvalue weighted by atomic mass is 16.7. The molecule has 3 aliphatic rings. The van der Waals surface area contributed by atoms with Crippen molar-refractivity contribution in [1.82, 2.24) is 10.2 Å². The van der Waals surface area contributed by atoms with E-state index in [9.17, 15) is 4.79 Å². The minimum Gasteiger partial charge on any atom is -0.347 e. The second kappa shape index (κ2) is 5.76. The summed E-state index contributed by atoms with van der Waals surface area (Å²) in [4.78, 5) is 14.3. The van der Waals surface area contributed by atoms with Crippen LogP contribution in [0.15, 0.2) is 0 Å². The van der Waals surface area contributed by atoms with Gasteiger partial charge in [0.25, 0.3) is 0 Å².